The molecule has 1 aromatic rings. The quantitative estimate of drug-likeness (QED) is 0.723. The van der Waals surface area contributed by atoms with Crippen molar-refractivity contribution in [3.05, 3.63) is 17.2 Å². The molecular formula is C17H24Cl2N2O5. The number of methoxy groups -OCH3 is 2. The molecule has 1 aromatic carbocycles. The molecule has 1 atom stereocenters. The van der Waals surface area contributed by atoms with E-state index in [-0.39, 0.29) is 30.7 Å². The number of piperidine rings is 1. The lowest BCUT2D eigenvalue weighted by Gasteiger charge is -2.30. The van der Waals surface area contributed by atoms with Crippen molar-refractivity contribution >= 4 is 41.6 Å². The van der Waals surface area contributed by atoms with Gasteiger partial charge >= 0.3 is 5.97 Å². The average Bonchev–Trinajstić information content (AvgIpc) is 2.61. The van der Waals surface area contributed by atoms with Crippen molar-refractivity contribution in [2.75, 3.05) is 39.2 Å². The smallest absolute Gasteiger partial charge is 0.307 e. The number of nitrogens with one attached hydrogen (secondary N) is 1. The Balaban J connectivity index is 0.00000338. The van der Waals surface area contributed by atoms with Crippen LogP contribution in [0.15, 0.2) is 12.1 Å². The van der Waals surface area contributed by atoms with E-state index in [9.17, 15) is 9.59 Å². The van der Waals surface area contributed by atoms with E-state index in [1.165, 1.54) is 14.2 Å². The summed E-state index contributed by atoms with van der Waals surface area (Å²) < 4.78 is 10.4. The number of carbonyl (C=O) groups excluding carboxylic acids is 1. The van der Waals surface area contributed by atoms with E-state index >= 15 is 0 Å². The Morgan fingerprint density at radius 2 is 2.00 bits per heavy atom. The number of carboxylic acids is 1. The summed E-state index contributed by atoms with van der Waals surface area (Å²) in [5.74, 6) is -0.411. The molecule has 7 nitrogen and oxygen atoms in total. The summed E-state index contributed by atoms with van der Waals surface area (Å²) in [6.45, 7) is 1.82. The van der Waals surface area contributed by atoms with E-state index in [0.29, 0.717) is 41.7 Å². The zero-order valence-electron chi connectivity index (χ0n) is 14.8. The lowest BCUT2D eigenvalue weighted by Crippen LogP contribution is -2.40. The van der Waals surface area contributed by atoms with E-state index in [0.717, 1.165) is 13.0 Å². The Bertz CT molecular complexity index is 642. The number of amides is 1. The zero-order valence-corrected chi connectivity index (χ0v) is 16.4. The van der Waals surface area contributed by atoms with Crippen molar-refractivity contribution in [3.63, 3.8) is 0 Å². The summed E-state index contributed by atoms with van der Waals surface area (Å²) in [6, 6.07) is 3.19. The minimum atomic E-state index is -0.771. The third kappa shape index (κ3) is 5.93. The molecule has 0 aliphatic carbocycles. The van der Waals surface area contributed by atoms with Gasteiger partial charge in [-0.05, 0) is 19.4 Å². The van der Waals surface area contributed by atoms with Crippen molar-refractivity contribution in [2.45, 2.75) is 19.3 Å². The van der Waals surface area contributed by atoms with Gasteiger partial charge < -0.3 is 24.8 Å². The summed E-state index contributed by atoms with van der Waals surface area (Å²) in [4.78, 5) is 25.4. The number of hydrogen-bond acceptors (Lipinski definition) is 5. The second kappa shape index (κ2) is 10.4. The van der Waals surface area contributed by atoms with Crippen LogP contribution in [0.4, 0.5) is 5.69 Å². The molecule has 1 amide bonds. The number of ether oxygens (including phenoxy) is 2. The van der Waals surface area contributed by atoms with Gasteiger partial charge in [0, 0.05) is 31.6 Å². The third-order valence-corrected chi connectivity index (χ3v) is 4.55. The van der Waals surface area contributed by atoms with Crippen LogP contribution in [0.3, 0.4) is 0 Å². The number of benzene rings is 1. The molecule has 1 aliphatic rings. The number of likely N-dealkylation sites (tertiary alicyclic amines) is 1. The van der Waals surface area contributed by atoms with Crippen LogP contribution in [0.1, 0.15) is 19.3 Å². The first-order valence-electron chi connectivity index (χ1n) is 8.11. The molecule has 1 aliphatic heterocycles. The number of aliphatic carboxylic acids is 1. The van der Waals surface area contributed by atoms with Gasteiger partial charge in [0.1, 0.15) is 11.5 Å². The summed E-state index contributed by atoms with van der Waals surface area (Å²) in [5, 5.41) is 12.3. The fraction of sp³-hybridized carbons (Fsp3) is 0.529. The second-order valence-electron chi connectivity index (χ2n) is 5.96. The van der Waals surface area contributed by atoms with Crippen molar-refractivity contribution in [2.24, 2.45) is 5.92 Å². The van der Waals surface area contributed by atoms with Crippen LogP contribution in [-0.4, -0.2) is 55.7 Å². The molecule has 9 heteroatoms. The molecule has 1 saturated heterocycles. The molecule has 26 heavy (non-hydrogen) atoms. The third-order valence-electron chi connectivity index (χ3n) is 4.26. The highest BCUT2D eigenvalue weighted by Gasteiger charge is 2.25. The van der Waals surface area contributed by atoms with Crippen LogP contribution in [-0.2, 0) is 9.59 Å². The molecule has 1 unspecified atom stereocenters. The maximum Gasteiger partial charge on any atom is 0.307 e. The first-order valence-corrected chi connectivity index (χ1v) is 8.49. The minimum Gasteiger partial charge on any atom is -0.495 e. The fourth-order valence-electron chi connectivity index (χ4n) is 2.89. The number of rotatable bonds is 7. The molecule has 1 fully saturated rings. The van der Waals surface area contributed by atoms with E-state index < -0.39 is 5.97 Å². The maximum absolute atomic E-state index is 12.2. The number of carbonyl (C=O) groups is 2. The van der Waals surface area contributed by atoms with Crippen molar-refractivity contribution < 1.29 is 24.2 Å². The first-order chi connectivity index (χ1) is 11.9. The van der Waals surface area contributed by atoms with Crippen molar-refractivity contribution in [3.8, 4) is 11.5 Å². The number of halogens is 2. The molecular weight excluding hydrogens is 383 g/mol. The Morgan fingerprint density at radius 3 is 2.62 bits per heavy atom. The number of hydrogen-bond donors (Lipinski definition) is 2. The summed E-state index contributed by atoms with van der Waals surface area (Å²) in [7, 11) is 2.99. The average molecular weight is 407 g/mol. The molecule has 1 heterocycles. The van der Waals surface area contributed by atoms with E-state index in [2.05, 4.69) is 5.32 Å². The fourth-order valence-corrected chi connectivity index (χ4v) is 3.12. The molecule has 0 radical (unpaired) electrons. The van der Waals surface area contributed by atoms with Gasteiger partial charge in [-0.2, -0.15) is 0 Å². The van der Waals surface area contributed by atoms with Crippen LogP contribution in [0.25, 0.3) is 0 Å². The molecule has 0 aromatic heterocycles. The summed E-state index contributed by atoms with van der Waals surface area (Å²) >= 11 is 6.05. The molecule has 146 valence electrons. The van der Waals surface area contributed by atoms with Gasteiger partial charge in [-0.15, -0.1) is 12.4 Å². The molecule has 0 spiro atoms. The van der Waals surface area contributed by atoms with Crippen molar-refractivity contribution in [1.82, 2.24) is 4.90 Å². The van der Waals surface area contributed by atoms with Gasteiger partial charge in [0.05, 0.1) is 30.8 Å². The van der Waals surface area contributed by atoms with Gasteiger partial charge in [0.2, 0.25) is 5.91 Å². The summed E-state index contributed by atoms with van der Waals surface area (Å²) in [6.07, 6.45) is 1.79. The topological polar surface area (TPSA) is 88.1 Å². The van der Waals surface area contributed by atoms with Crippen LogP contribution < -0.4 is 14.8 Å². The number of anilines is 1. The largest absolute Gasteiger partial charge is 0.495 e. The Hall–Kier alpha value is -1.70. The van der Waals surface area contributed by atoms with Gasteiger partial charge in [-0.1, -0.05) is 11.6 Å². The van der Waals surface area contributed by atoms with Gasteiger partial charge in [0.15, 0.2) is 0 Å². The van der Waals surface area contributed by atoms with Gasteiger partial charge in [-0.3, -0.25) is 9.59 Å². The minimum absolute atomic E-state index is 0. The molecule has 0 saturated carbocycles. The Kier molecular flexibility index (Phi) is 8.98. The van der Waals surface area contributed by atoms with Crippen molar-refractivity contribution in [1.29, 1.82) is 0 Å². The van der Waals surface area contributed by atoms with Gasteiger partial charge in [-0.25, -0.2) is 0 Å². The van der Waals surface area contributed by atoms with Crippen LogP contribution in [0.5, 0.6) is 11.5 Å². The predicted octanol–water partition coefficient (Wildman–Crippen LogP) is 2.90. The number of nitrogens with zero attached hydrogens (tertiary/aromatic N) is 1. The zero-order chi connectivity index (χ0) is 18.4. The maximum atomic E-state index is 12.2. The summed E-state index contributed by atoms with van der Waals surface area (Å²) in [5.41, 5.74) is 0.482. The molecule has 0 bridgehead atoms. The lowest BCUT2D eigenvalue weighted by atomic mass is 9.98. The van der Waals surface area contributed by atoms with Crippen LogP contribution in [0.2, 0.25) is 5.02 Å². The van der Waals surface area contributed by atoms with E-state index in [4.69, 9.17) is 26.2 Å². The number of carboxylic acid groups (broad SMARTS) is 1. The Labute approximate surface area is 164 Å². The second-order valence-corrected chi connectivity index (χ2v) is 6.37. The lowest BCUT2D eigenvalue weighted by molar-refractivity contribution is -0.143. The van der Waals surface area contributed by atoms with E-state index in [1.807, 2.05) is 4.90 Å². The van der Waals surface area contributed by atoms with E-state index in [1.54, 1.807) is 12.1 Å². The highest BCUT2D eigenvalue weighted by Crippen LogP contribution is 2.35. The standard InChI is InChI=1S/C17H23ClN2O5.ClH/c1-24-14-9-13(15(25-2)8-12(14)18)19-16(21)5-7-20-6-3-4-11(10-20)17(22)23;/h8-9,11H,3-7,10H2,1-2H3,(H,19,21)(H,22,23);1H. The van der Waals surface area contributed by atoms with Crippen LogP contribution >= 0.6 is 24.0 Å². The monoisotopic (exact) mass is 406 g/mol. The highest BCUT2D eigenvalue weighted by molar-refractivity contribution is 6.32. The molecule has 2 rings (SSSR count). The van der Waals surface area contributed by atoms with Gasteiger partial charge in [0.25, 0.3) is 0 Å². The predicted molar refractivity (Wildman–Crippen MR) is 102 cm³/mol. The first kappa shape index (κ1) is 22.3. The Morgan fingerprint density at radius 1 is 1.31 bits per heavy atom. The normalized spacial score (nSPS) is 17.1. The highest BCUT2D eigenvalue weighted by atomic mass is 35.5. The van der Waals surface area contributed by atoms with Crippen LogP contribution in [0, 0.1) is 5.92 Å². The molecule has 2 N–H and O–H groups in total. The SMILES string of the molecule is COc1cc(NC(=O)CCN2CCCC(C(=O)O)C2)c(OC)cc1Cl.Cl.